The fraction of sp³-hybridized carbons (Fsp3) is 0.471. The van der Waals surface area contributed by atoms with Crippen LogP contribution in [0.4, 0.5) is 5.69 Å². The molecule has 1 fully saturated rings. The van der Waals surface area contributed by atoms with Crippen molar-refractivity contribution in [1.82, 2.24) is 0 Å². The van der Waals surface area contributed by atoms with E-state index in [-0.39, 0.29) is 4.90 Å². The molecule has 0 saturated carbocycles. The molecule has 1 spiro atoms. The summed E-state index contributed by atoms with van der Waals surface area (Å²) in [6.45, 7) is 1.82. The summed E-state index contributed by atoms with van der Waals surface area (Å²) in [6, 6.07) is 6.71. The first-order valence-corrected chi connectivity index (χ1v) is 9.45. The lowest BCUT2D eigenvalue weighted by atomic mass is 9.71. The molecule has 2 aliphatic rings. The van der Waals surface area contributed by atoms with Gasteiger partial charge in [-0.1, -0.05) is 12.2 Å². The second-order valence-electron chi connectivity index (χ2n) is 6.58. The van der Waals surface area contributed by atoms with E-state index in [9.17, 15) is 13.7 Å². The molecule has 1 aromatic rings. The maximum Gasteiger partial charge on any atom is 0.238 e. The summed E-state index contributed by atoms with van der Waals surface area (Å²) in [5.74, 6) is 0. The zero-order valence-corrected chi connectivity index (χ0v) is 13.8. The highest BCUT2D eigenvalue weighted by Gasteiger charge is 2.35. The van der Waals surface area contributed by atoms with E-state index in [1.54, 1.807) is 6.07 Å². The number of benzene rings is 1. The Balaban J connectivity index is 1.92. The number of primary sulfonamides is 1. The maximum atomic E-state index is 11.5. The quantitative estimate of drug-likeness (QED) is 0.844. The Bertz CT molecular complexity index is 780. The van der Waals surface area contributed by atoms with E-state index in [1.165, 1.54) is 25.0 Å². The van der Waals surface area contributed by atoms with Crippen molar-refractivity contribution in [2.45, 2.75) is 37.0 Å². The molecule has 0 unspecified atom stereocenters. The van der Waals surface area contributed by atoms with Gasteiger partial charge < -0.3 is 4.90 Å². The number of nitriles is 1. The van der Waals surface area contributed by atoms with Gasteiger partial charge in [0.05, 0.1) is 16.1 Å². The van der Waals surface area contributed by atoms with Crippen molar-refractivity contribution in [2.24, 2.45) is 10.6 Å². The number of allylic oxidation sites excluding steroid dienone is 2. The molecule has 0 amide bonds. The van der Waals surface area contributed by atoms with E-state index < -0.39 is 10.0 Å². The van der Waals surface area contributed by atoms with E-state index in [1.807, 2.05) is 0 Å². The van der Waals surface area contributed by atoms with Gasteiger partial charge in [-0.25, -0.2) is 13.6 Å². The van der Waals surface area contributed by atoms with Crippen LogP contribution in [0.1, 0.15) is 37.7 Å². The number of nitrogens with zero attached hydrogens (tertiary/aromatic N) is 2. The summed E-state index contributed by atoms with van der Waals surface area (Å²) in [7, 11) is -3.79. The minimum absolute atomic E-state index is 0.00915. The van der Waals surface area contributed by atoms with E-state index in [2.05, 4.69) is 23.1 Å². The Kier molecular flexibility index (Phi) is 4.17. The fourth-order valence-corrected chi connectivity index (χ4v) is 4.32. The zero-order chi connectivity index (χ0) is 16.5. The Morgan fingerprint density at radius 1 is 1.26 bits per heavy atom. The van der Waals surface area contributed by atoms with Crippen LogP contribution in [0.25, 0.3) is 0 Å². The van der Waals surface area contributed by atoms with Crippen molar-refractivity contribution in [2.75, 3.05) is 18.0 Å². The highest BCUT2D eigenvalue weighted by Crippen LogP contribution is 2.42. The summed E-state index contributed by atoms with van der Waals surface area (Å²) in [5.41, 5.74) is 1.48. The lowest BCUT2D eigenvalue weighted by molar-refractivity contribution is 0.209. The van der Waals surface area contributed by atoms with Gasteiger partial charge in [0.2, 0.25) is 10.0 Å². The number of piperidine rings is 1. The molecular formula is C17H21N3O2S. The van der Waals surface area contributed by atoms with E-state index >= 15 is 0 Å². The topological polar surface area (TPSA) is 87.2 Å². The fourth-order valence-electron chi connectivity index (χ4n) is 3.78. The number of sulfonamides is 1. The van der Waals surface area contributed by atoms with Gasteiger partial charge in [-0.2, -0.15) is 5.26 Å². The minimum Gasteiger partial charge on any atom is -0.370 e. The van der Waals surface area contributed by atoms with Crippen molar-refractivity contribution in [3.05, 3.63) is 35.9 Å². The zero-order valence-electron chi connectivity index (χ0n) is 13.0. The lowest BCUT2D eigenvalue weighted by Crippen LogP contribution is -2.44. The summed E-state index contributed by atoms with van der Waals surface area (Å²) in [6.07, 6.45) is 10.2. The first kappa shape index (κ1) is 16.0. The summed E-state index contributed by atoms with van der Waals surface area (Å²) in [5, 5.41) is 14.6. The molecule has 1 aromatic carbocycles. The molecule has 0 radical (unpaired) electrons. The molecule has 1 saturated heterocycles. The summed E-state index contributed by atoms with van der Waals surface area (Å²) in [4.78, 5) is 2.22. The van der Waals surface area contributed by atoms with Crippen LogP contribution < -0.4 is 10.0 Å². The van der Waals surface area contributed by atoms with E-state index in [0.717, 1.165) is 38.0 Å². The van der Waals surface area contributed by atoms with Crippen molar-refractivity contribution in [1.29, 1.82) is 5.26 Å². The van der Waals surface area contributed by atoms with Gasteiger partial charge in [0, 0.05) is 13.1 Å². The molecule has 0 aromatic heterocycles. The van der Waals surface area contributed by atoms with Gasteiger partial charge in [-0.05, 0) is 55.7 Å². The molecule has 6 heteroatoms. The van der Waals surface area contributed by atoms with Crippen LogP contribution in [-0.2, 0) is 10.0 Å². The van der Waals surface area contributed by atoms with Gasteiger partial charge >= 0.3 is 0 Å². The maximum absolute atomic E-state index is 11.5. The Labute approximate surface area is 137 Å². The second-order valence-corrected chi connectivity index (χ2v) is 8.14. The Morgan fingerprint density at radius 3 is 2.74 bits per heavy atom. The molecule has 1 aliphatic heterocycles. The first-order chi connectivity index (χ1) is 10.9. The SMILES string of the molecule is N#Cc1cc(S(N)(=O)=O)ccc1N1CCC[C@]2(CC=CCC2)C1. The Morgan fingerprint density at radius 2 is 2.09 bits per heavy atom. The summed E-state index contributed by atoms with van der Waals surface area (Å²) < 4.78 is 23.0. The predicted molar refractivity (Wildman–Crippen MR) is 89.4 cm³/mol. The molecule has 3 rings (SSSR count). The van der Waals surface area contributed by atoms with E-state index in [0.29, 0.717) is 11.0 Å². The highest BCUT2D eigenvalue weighted by molar-refractivity contribution is 7.89. The molecule has 0 bridgehead atoms. The molecular weight excluding hydrogens is 310 g/mol. The highest BCUT2D eigenvalue weighted by atomic mass is 32.2. The van der Waals surface area contributed by atoms with Crippen molar-refractivity contribution >= 4 is 15.7 Å². The third-order valence-corrected chi connectivity index (χ3v) is 5.89. The van der Waals surface area contributed by atoms with Gasteiger partial charge in [0.15, 0.2) is 0 Å². The molecule has 1 heterocycles. The molecule has 122 valence electrons. The van der Waals surface area contributed by atoms with Crippen LogP contribution >= 0.6 is 0 Å². The van der Waals surface area contributed by atoms with Gasteiger partial charge in [0.1, 0.15) is 6.07 Å². The molecule has 23 heavy (non-hydrogen) atoms. The minimum atomic E-state index is -3.79. The standard InChI is InChI=1S/C17H21N3O2S/c18-12-14-11-15(23(19,21)22)5-6-16(14)20-10-4-9-17(13-20)7-2-1-3-8-17/h1-2,5-6,11H,3-4,7-10,13H2,(H2,19,21,22)/t17-/m1/s1. The molecule has 1 aliphatic carbocycles. The average molecular weight is 331 g/mol. The normalized spacial score (nSPS) is 24.6. The molecule has 2 N–H and O–H groups in total. The predicted octanol–water partition coefficient (Wildman–Crippen LogP) is 2.53. The van der Waals surface area contributed by atoms with Crippen molar-refractivity contribution in [3.63, 3.8) is 0 Å². The molecule has 5 nitrogen and oxygen atoms in total. The number of hydrogen-bond acceptors (Lipinski definition) is 4. The van der Waals surface area contributed by atoms with Crippen molar-refractivity contribution in [3.8, 4) is 6.07 Å². The largest absolute Gasteiger partial charge is 0.370 e. The summed E-state index contributed by atoms with van der Waals surface area (Å²) >= 11 is 0. The van der Waals surface area contributed by atoms with Crippen LogP contribution in [0.15, 0.2) is 35.2 Å². The van der Waals surface area contributed by atoms with Crippen molar-refractivity contribution < 1.29 is 8.42 Å². The van der Waals surface area contributed by atoms with Crippen LogP contribution in [0.5, 0.6) is 0 Å². The van der Waals surface area contributed by atoms with Gasteiger partial charge in [-0.15, -0.1) is 0 Å². The number of anilines is 1. The number of nitrogens with two attached hydrogens (primary N) is 1. The van der Waals surface area contributed by atoms with Crippen LogP contribution in [0.3, 0.4) is 0 Å². The smallest absolute Gasteiger partial charge is 0.238 e. The number of rotatable bonds is 2. The third-order valence-electron chi connectivity index (χ3n) is 4.98. The first-order valence-electron chi connectivity index (χ1n) is 7.90. The number of hydrogen-bond donors (Lipinski definition) is 1. The van der Waals surface area contributed by atoms with E-state index in [4.69, 9.17) is 5.14 Å². The second kappa shape index (κ2) is 5.99. The average Bonchev–Trinajstić information content (AvgIpc) is 2.54. The third kappa shape index (κ3) is 3.26. The van der Waals surface area contributed by atoms with Gasteiger partial charge in [0.25, 0.3) is 0 Å². The lowest BCUT2D eigenvalue weighted by Gasteiger charge is -2.45. The monoisotopic (exact) mass is 331 g/mol. The van der Waals surface area contributed by atoms with Crippen LogP contribution in [0, 0.1) is 16.7 Å². The van der Waals surface area contributed by atoms with Gasteiger partial charge in [-0.3, -0.25) is 0 Å². The Hall–Kier alpha value is -1.84. The molecule has 1 atom stereocenters. The van der Waals surface area contributed by atoms with Crippen LogP contribution in [-0.4, -0.2) is 21.5 Å². The van der Waals surface area contributed by atoms with Crippen LogP contribution in [0.2, 0.25) is 0 Å².